The van der Waals surface area contributed by atoms with Crippen LogP contribution in [-0.4, -0.2) is 23.1 Å². The van der Waals surface area contributed by atoms with Gasteiger partial charge in [0.15, 0.2) is 0 Å². The second kappa shape index (κ2) is 5.66. The fourth-order valence-electron chi connectivity index (χ4n) is 2.22. The summed E-state index contributed by atoms with van der Waals surface area (Å²) in [5.74, 6) is 0.497. The summed E-state index contributed by atoms with van der Waals surface area (Å²) in [5, 5.41) is 14.1. The minimum atomic E-state index is -0.417. The van der Waals surface area contributed by atoms with Crippen molar-refractivity contribution in [1.82, 2.24) is 0 Å². The molecule has 0 aliphatic heterocycles. The fourth-order valence-corrected chi connectivity index (χ4v) is 2.22. The van der Waals surface area contributed by atoms with Crippen molar-refractivity contribution in [2.45, 2.75) is 44.8 Å². The normalized spacial score (nSPS) is 16.6. The van der Waals surface area contributed by atoms with Crippen molar-refractivity contribution in [3.63, 3.8) is 0 Å². The molecule has 0 spiro atoms. The lowest BCUT2D eigenvalue weighted by molar-refractivity contribution is -0.384. The van der Waals surface area contributed by atoms with Crippen molar-refractivity contribution in [2.24, 2.45) is 5.73 Å². The van der Waals surface area contributed by atoms with Crippen molar-refractivity contribution in [3.05, 3.63) is 28.3 Å². The molecule has 0 heterocycles. The molecule has 0 aromatic heterocycles. The Morgan fingerprint density at radius 1 is 1.45 bits per heavy atom. The number of ether oxygens (including phenoxy) is 1. The second-order valence-electron chi connectivity index (χ2n) is 5.71. The first kappa shape index (κ1) is 14.6. The second-order valence-corrected chi connectivity index (χ2v) is 5.71. The maximum atomic E-state index is 11.0. The highest BCUT2D eigenvalue weighted by Gasteiger charge is 2.32. The van der Waals surface area contributed by atoms with Crippen molar-refractivity contribution >= 4 is 11.4 Å². The van der Waals surface area contributed by atoms with Gasteiger partial charge in [0, 0.05) is 29.9 Å². The lowest BCUT2D eigenvalue weighted by Gasteiger charge is -2.38. The molecule has 1 aromatic carbocycles. The van der Waals surface area contributed by atoms with Gasteiger partial charge in [0.25, 0.3) is 5.69 Å². The van der Waals surface area contributed by atoms with Crippen molar-refractivity contribution in [1.29, 1.82) is 0 Å². The zero-order valence-corrected chi connectivity index (χ0v) is 11.9. The van der Waals surface area contributed by atoms with E-state index >= 15 is 0 Å². The van der Waals surface area contributed by atoms with Gasteiger partial charge in [0.1, 0.15) is 5.75 Å². The quantitative estimate of drug-likeness (QED) is 0.617. The number of anilines is 1. The number of benzene rings is 1. The molecule has 0 saturated heterocycles. The molecular weight excluding hydrogens is 258 g/mol. The first-order valence-corrected chi connectivity index (χ1v) is 6.87. The molecular formula is C14H21N3O3. The van der Waals surface area contributed by atoms with E-state index in [1.807, 2.05) is 13.8 Å². The molecule has 0 radical (unpaired) electrons. The van der Waals surface area contributed by atoms with Gasteiger partial charge < -0.3 is 15.8 Å². The third kappa shape index (κ3) is 3.60. The van der Waals surface area contributed by atoms with Crippen LogP contribution in [0, 0.1) is 10.1 Å². The third-order valence-corrected chi connectivity index (χ3v) is 3.47. The number of nitrogens with two attached hydrogens (primary N) is 1. The van der Waals surface area contributed by atoms with E-state index in [9.17, 15) is 10.1 Å². The van der Waals surface area contributed by atoms with Crippen LogP contribution in [0.15, 0.2) is 18.2 Å². The van der Waals surface area contributed by atoms with E-state index in [-0.39, 0.29) is 17.3 Å². The van der Waals surface area contributed by atoms with Gasteiger partial charge in [-0.3, -0.25) is 10.1 Å². The Labute approximate surface area is 118 Å². The number of nitrogens with one attached hydrogen (secondary N) is 1. The summed E-state index contributed by atoms with van der Waals surface area (Å²) in [6.07, 6.45) is 3.10. The van der Waals surface area contributed by atoms with Crippen LogP contribution in [-0.2, 0) is 0 Å². The van der Waals surface area contributed by atoms with Gasteiger partial charge in [-0.1, -0.05) is 0 Å². The van der Waals surface area contributed by atoms with Gasteiger partial charge >= 0.3 is 0 Å². The average molecular weight is 279 g/mol. The molecule has 0 amide bonds. The summed E-state index contributed by atoms with van der Waals surface area (Å²) in [6.45, 7) is 4.39. The molecule has 3 N–H and O–H groups in total. The molecule has 1 saturated carbocycles. The first-order chi connectivity index (χ1) is 9.38. The summed E-state index contributed by atoms with van der Waals surface area (Å²) in [6, 6.07) is 4.72. The molecule has 1 aliphatic carbocycles. The number of hydrogen-bond acceptors (Lipinski definition) is 5. The smallest absolute Gasteiger partial charge is 0.275 e. The molecule has 1 aromatic rings. The van der Waals surface area contributed by atoms with E-state index in [0.29, 0.717) is 18.0 Å². The molecule has 110 valence electrons. The zero-order valence-electron chi connectivity index (χ0n) is 11.9. The number of nitro benzene ring substituents is 1. The predicted molar refractivity (Wildman–Crippen MR) is 78.1 cm³/mol. The van der Waals surface area contributed by atoms with Gasteiger partial charge in [0.05, 0.1) is 17.1 Å². The Bertz CT molecular complexity index is 498. The van der Waals surface area contributed by atoms with Crippen molar-refractivity contribution in [3.8, 4) is 5.75 Å². The van der Waals surface area contributed by atoms with Crippen LogP contribution in [0.2, 0.25) is 0 Å². The molecule has 6 nitrogen and oxygen atoms in total. The molecule has 20 heavy (non-hydrogen) atoms. The van der Waals surface area contributed by atoms with E-state index in [4.69, 9.17) is 10.5 Å². The van der Waals surface area contributed by atoms with Crippen LogP contribution in [0.5, 0.6) is 5.75 Å². The maximum Gasteiger partial charge on any atom is 0.275 e. The molecule has 2 rings (SSSR count). The molecule has 0 bridgehead atoms. The minimum Gasteiger partial charge on any atom is -0.491 e. The number of hydrogen-bond donors (Lipinski definition) is 2. The molecule has 6 heteroatoms. The van der Waals surface area contributed by atoms with Crippen LogP contribution < -0.4 is 15.8 Å². The minimum absolute atomic E-state index is 0.0188. The van der Waals surface area contributed by atoms with Gasteiger partial charge in [0.2, 0.25) is 0 Å². The monoisotopic (exact) mass is 279 g/mol. The summed E-state index contributed by atoms with van der Waals surface area (Å²) in [5.41, 5.74) is 6.65. The largest absolute Gasteiger partial charge is 0.491 e. The third-order valence-electron chi connectivity index (χ3n) is 3.47. The first-order valence-electron chi connectivity index (χ1n) is 6.87. The highest BCUT2D eigenvalue weighted by Crippen LogP contribution is 2.31. The number of nitrogens with zero attached hydrogens (tertiary/aromatic N) is 1. The Kier molecular flexibility index (Phi) is 4.13. The molecule has 1 aliphatic rings. The Hall–Kier alpha value is -1.82. The summed E-state index contributed by atoms with van der Waals surface area (Å²) < 4.78 is 5.54. The molecule has 0 unspecified atom stereocenters. The highest BCUT2D eigenvalue weighted by molar-refractivity contribution is 5.56. The van der Waals surface area contributed by atoms with Crippen LogP contribution in [0.4, 0.5) is 11.4 Å². The van der Waals surface area contributed by atoms with Gasteiger partial charge in [-0.2, -0.15) is 0 Å². The number of non-ortho nitro benzene ring substituents is 1. The fraction of sp³-hybridized carbons (Fsp3) is 0.571. The van der Waals surface area contributed by atoms with Crippen molar-refractivity contribution < 1.29 is 9.66 Å². The average Bonchev–Trinajstić information content (AvgIpc) is 2.33. The lowest BCUT2D eigenvalue weighted by atomic mass is 9.78. The molecule has 0 atom stereocenters. The number of rotatable bonds is 6. The van der Waals surface area contributed by atoms with Gasteiger partial charge in [-0.15, -0.1) is 0 Å². The van der Waals surface area contributed by atoms with Crippen LogP contribution in [0.25, 0.3) is 0 Å². The SMILES string of the molecule is CC(C)Oc1cc(NCC2(N)CCC2)cc([N+](=O)[O-])c1. The standard InChI is InChI=1S/C14H21N3O3/c1-10(2)20-13-7-11(6-12(8-13)17(18)19)16-9-14(15)4-3-5-14/h6-8,10,16H,3-5,9,15H2,1-2H3. The summed E-state index contributed by atoms with van der Waals surface area (Å²) in [7, 11) is 0. The molecule has 1 fully saturated rings. The van der Waals surface area contributed by atoms with E-state index in [1.54, 1.807) is 6.07 Å². The van der Waals surface area contributed by atoms with E-state index in [2.05, 4.69) is 5.32 Å². The zero-order chi connectivity index (χ0) is 14.8. The number of nitro groups is 1. The van der Waals surface area contributed by atoms with E-state index in [1.165, 1.54) is 12.1 Å². The predicted octanol–water partition coefficient (Wildman–Crippen LogP) is 2.68. The summed E-state index contributed by atoms with van der Waals surface area (Å²) >= 11 is 0. The van der Waals surface area contributed by atoms with Gasteiger partial charge in [-0.05, 0) is 33.1 Å². The topological polar surface area (TPSA) is 90.4 Å². The van der Waals surface area contributed by atoms with Crippen LogP contribution in [0.1, 0.15) is 33.1 Å². The van der Waals surface area contributed by atoms with Gasteiger partial charge in [-0.25, -0.2) is 0 Å². The van der Waals surface area contributed by atoms with Crippen LogP contribution >= 0.6 is 0 Å². The van der Waals surface area contributed by atoms with E-state index in [0.717, 1.165) is 19.3 Å². The Morgan fingerprint density at radius 3 is 2.65 bits per heavy atom. The summed E-state index contributed by atoms with van der Waals surface area (Å²) in [4.78, 5) is 10.5. The lowest BCUT2D eigenvalue weighted by Crippen LogP contribution is -2.51. The van der Waals surface area contributed by atoms with E-state index < -0.39 is 4.92 Å². The van der Waals surface area contributed by atoms with Crippen LogP contribution in [0.3, 0.4) is 0 Å². The Balaban J connectivity index is 2.13. The maximum absolute atomic E-state index is 11.0. The highest BCUT2D eigenvalue weighted by atomic mass is 16.6. The Morgan fingerprint density at radius 2 is 2.15 bits per heavy atom. The van der Waals surface area contributed by atoms with Crippen molar-refractivity contribution in [2.75, 3.05) is 11.9 Å².